The summed E-state index contributed by atoms with van der Waals surface area (Å²) < 4.78 is 15.9. The molecule has 5 nitrogen and oxygen atoms in total. The van der Waals surface area contributed by atoms with Crippen molar-refractivity contribution in [3.63, 3.8) is 0 Å². The maximum absolute atomic E-state index is 12.0. The van der Waals surface area contributed by atoms with Gasteiger partial charge in [0.2, 0.25) is 6.79 Å². The number of carbonyl (C=O) groups is 1. The molecular weight excluding hydrogens is 258 g/mol. The Morgan fingerprint density at radius 1 is 1.20 bits per heavy atom. The van der Waals surface area contributed by atoms with Crippen LogP contribution in [-0.2, 0) is 0 Å². The molecule has 1 aromatic heterocycles. The number of hydrogen-bond donors (Lipinski definition) is 1. The van der Waals surface area contributed by atoms with Gasteiger partial charge in [0.25, 0.3) is 5.91 Å². The lowest BCUT2D eigenvalue weighted by molar-refractivity contribution is 0.0910. The molecule has 1 aromatic carbocycles. The fourth-order valence-electron chi connectivity index (χ4n) is 2.09. The summed E-state index contributed by atoms with van der Waals surface area (Å²) in [4.78, 5) is 12.0. The third kappa shape index (κ3) is 2.34. The molecule has 104 valence electrons. The minimum Gasteiger partial charge on any atom is -0.456 e. The molecule has 0 radical (unpaired) electrons. The predicted octanol–water partition coefficient (Wildman–Crippen LogP) is 2.81. The summed E-state index contributed by atoms with van der Waals surface area (Å²) in [5, 5.41) is 2.89. The van der Waals surface area contributed by atoms with Gasteiger partial charge in [0, 0.05) is 0 Å². The van der Waals surface area contributed by atoms with Gasteiger partial charge in [0.05, 0.1) is 6.04 Å². The molecule has 20 heavy (non-hydrogen) atoms. The van der Waals surface area contributed by atoms with Crippen molar-refractivity contribution in [1.29, 1.82) is 0 Å². The van der Waals surface area contributed by atoms with E-state index in [2.05, 4.69) is 5.32 Å². The van der Waals surface area contributed by atoms with E-state index < -0.39 is 0 Å². The number of hydrogen-bond acceptors (Lipinski definition) is 4. The van der Waals surface area contributed by atoms with Gasteiger partial charge in [0.15, 0.2) is 17.3 Å². The van der Waals surface area contributed by atoms with E-state index in [0.29, 0.717) is 17.3 Å². The molecule has 5 heteroatoms. The summed E-state index contributed by atoms with van der Waals surface area (Å²) in [6.07, 6.45) is 0. The van der Waals surface area contributed by atoms with E-state index in [-0.39, 0.29) is 18.7 Å². The summed E-state index contributed by atoms with van der Waals surface area (Å²) in [7, 11) is 0. The fourth-order valence-corrected chi connectivity index (χ4v) is 2.09. The average Bonchev–Trinajstić information content (AvgIpc) is 3.05. The van der Waals surface area contributed by atoms with Crippen LogP contribution in [0.25, 0.3) is 0 Å². The number of amides is 1. The van der Waals surface area contributed by atoms with E-state index in [9.17, 15) is 4.79 Å². The van der Waals surface area contributed by atoms with Crippen molar-refractivity contribution in [2.75, 3.05) is 6.79 Å². The van der Waals surface area contributed by atoms with Gasteiger partial charge >= 0.3 is 0 Å². The van der Waals surface area contributed by atoms with Crippen molar-refractivity contribution < 1.29 is 18.7 Å². The summed E-state index contributed by atoms with van der Waals surface area (Å²) in [6.45, 7) is 3.95. The highest BCUT2D eigenvalue weighted by Gasteiger charge is 2.18. The zero-order valence-corrected chi connectivity index (χ0v) is 11.3. The number of ether oxygens (including phenoxy) is 2. The van der Waals surface area contributed by atoms with Crippen molar-refractivity contribution in [3.8, 4) is 11.5 Å². The van der Waals surface area contributed by atoms with Crippen molar-refractivity contribution >= 4 is 5.91 Å². The van der Waals surface area contributed by atoms with Crippen LogP contribution in [0.1, 0.15) is 34.8 Å². The van der Waals surface area contributed by atoms with Gasteiger partial charge in [-0.15, -0.1) is 0 Å². The largest absolute Gasteiger partial charge is 0.456 e. The molecule has 0 aliphatic carbocycles. The first kappa shape index (κ1) is 12.6. The third-order valence-electron chi connectivity index (χ3n) is 3.21. The van der Waals surface area contributed by atoms with Crippen LogP contribution in [0, 0.1) is 6.92 Å². The number of furan rings is 1. The normalized spacial score (nSPS) is 14.1. The van der Waals surface area contributed by atoms with Gasteiger partial charge < -0.3 is 19.2 Å². The van der Waals surface area contributed by atoms with Crippen molar-refractivity contribution in [2.45, 2.75) is 19.9 Å². The van der Waals surface area contributed by atoms with E-state index in [0.717, 1.165) is 11.3 Å². The van der Waals surface area contributed by atoms with Crippen LogP contribution in [0.2, 0.25) is 0 Å². The molecule has 0 bridgehead atoms. The highest BCUT2D eigenvalue weighted by Crippen LogP contribution is 2.34. The number of fused-ring (bicyclic) bond motifs is 1. The molecular formula is C15H15NO4. The summed E-state index contributed by atoms with van der Waals surface area (Å²) in [5.74, 6) is 2.23. The van der Waals surface area contributed by atoms with E-state index in [4.69, 9.17) is 13.9 Å². The Balaban J connectivity index is 1.73. The third-order valence-corrected chi connectivity index (χ3v) is 3.21. The molecule has 1 amide bonds. The molecule has 0 saturated heterocycles. The first-order valence-corrected chi connectivity index (χ1v) is 6.40. The molecule has 1 N–H and O–H groups in total. The smallest absolute Gasteiger partial charge is 0.287 e. The van der Waals surface area contributed by atoms with E-state index in [1.807, 2.05) is 25.1 Å². The number of benzene rings is 1. The second-order valence-corrected chi connectivity index (χ2v) is 4.72. The van der Waals surface area contributed by atoms with Crippen LogP contribution in [0.4, 0.5) is 0 Å². The molecule has 0 saturated carbocycles. The van der Waals surface area contributed by atoms with Crippen LogP contribution < -0.4 is 14.8 Å². The summed E-state index contributed by atoms with van der Waals surface area (Å²) in [5.41, 5.74) is 0.950. The van der Waals surface area contributed by atoms with Gasteiger partial charge in [0.1, 0.15) is 5.76 Å². The van der Waals surface area contributed by atoms with Crippen molar-refractivity contribution in [1.82, 2.24) is 5.32 Å². The lowest BCUT2D eigenvalue weighted by Crippen LogP contribution is -2.26. The molecule has 0 fully saturated rings. The number of nitrogens with one attached hydrogen (secondary N) is 1. The van der Waals surface area contributed by atoms with Crippen LogP contribution in [0.15, 0.2) is 34.7 Å². The van der Waals surface area contributed by atoms with Crippen molar-refractivity contribution in [3.05, 3.63) is 47.4 Å². The monoisotopic (exact) mass is 273 g/mol. The maximum atomic E-state index is 12.0. The van der Waals surface area contributed by atoms with Gasteiger partial charge in [-0.3, -0.25) is 4.79 Å². The molecule has 1 atom stereocenters. The van der Waals surface area contributed by atoms with E-state index in [1.165, 1.54) is 0 Å². The van der Waals surface area contributed by atoms with Crippen LogP contribution in [0.3, 0.4) is 0 Å². The number of rotatable bonds is 3. The molecule has 0 spiro atoms. The van der Waals surface area contributed by atoms with E-state index in [1.54, 1.807) is 19.1 Å². The average molecular weight is 273 g/mol. The molecule has 1 aliphatic heterocycles. The molecule has 2 aromatic rings. The molecule has 0 unspecified atom stereocenters. The SMILES string of the molecule is Cc1ccc(C(=O)N[C@@H](C)c2ccc3c(c2)OCO3)o1. The Morgan fingerprint density at radius 3 is 2.75 bits per heavy atom. The summed E-state index contributed by atoms with van der Waals surface area (Å²) >= 11 is 0. The maximum Gasteiger partial charge on any atom is 0.287 e. The van der Waals surface area contributed by atoms with Gasteiger partial charge in [-0.1, -0.05) is 6.07 Å². The zero-order valence-electron chi connectivity index (χ0n) is 11.3. The number of carbonyl (C=O) groups excluding carboxylic acids is 1. The van der Waals surface area contributed by atoms with Gasteiger partial charge in [-0.05, 0) is 43.7 Å². The van der Waals surface area contributed by atoms with Crippen LogP contribution in [0.5, 0.6) is 11.5 Å². The Labute approximate surface area is 116 Å². The molecule has 2 heterocycles. The topological polar surface area (TPSA) is 60.7 Å². The lowest BCUT2D eigenvalue weighted by Gasteiger charge is -2.13. The highest BCUT2D eigenvalue weighted by molar-refractivity contribution is 5.91. The van der Waals surface area contributed by atoms with Crippen molar-refractivity contribution in [2.24, 2.45) is 0 Å². The Kier molecular flexibility index (Phi) is 3.10. The first-order chi connectivity index (χ1) is 9.63. The number of aryl methyl sites for hydroxylation is 1. The summed E-state index contributed by atoms with van der Waals surface area (Å²) in [6, 6.07) is 8.91. The predicted molar refractivity (Wildman–Crippen MR) is 71.9 cm³/mol. The van der Waals surface area contributed by atoms with Gasteiger partial charge in [-0.2, -0.15) is 0 Å². The van der Waals surface area contributed by atoms with Gasteiger partial charge in [-0.25, -0.2) is 0 Å². The lowest BCUT2D eigenvalue weighted by atomic mass is 10.1. The first-order valence-electron chi connectivity index (χ1n) is 6.40. The zero-order chi connectivity index (χ0) is 14.1. The molecule has 3 rings (SSSR count). The molecule has 1 aliphatic rings. The second kappa shape index (κ2) is 4.92. The standard InChI is InChI=1S/C15H15NO4/c1-9-3-5-13(20-9)15(17)16-10(2)11-4-6-12-14(7-11)19-8-18-12/h3-7,10H,8H2,1-2H3,(H,16,17)/t10-/m0/s1. The Hall–Kier alpha value is -2.43. The Morgan fingerprint density at radius 2 is 2.00 bits per heavy atom. The quantitative estimate of drug-likeness (QED) is 0.934. The van der Waals surface area contributed by atoms with Crippen LogP contribution in [-0.4, -0.2) is 12.7 Å². The highest BCUT2D eigenvalue weighted by atomic mass is 16.7. The fraction of sp³-hybridized carbons (Fsp3) is 0.267. The second-order valence-electron chi connectivity index (χ2n) is 4.72. The minimum absolute atomic E-state index is 0.151. The van der Waals surface area contributed by atoms with Crippen LogP contribution >= 0.6 is 0 Å². The Bertz CT molecular complexity index is 647. The minimum atomic E-state index is -0.233. The van der Waals surface area contributed by atoms with E-state index >= 15 is 0 Å².